The first-order valence-electron chi connectivity index (χ1n) is 12.0. The zero-order chi connectivity index (χ0) is 28.0. The molecule has 0 bridgehead atoms. The molecule has 0 radical (unpaired) electrons. The number of aliphatic hydroxyl groups excluding tert-OH is 1. The number of unbranched alkanes of at least 4 members (excludes halogenated alkanes) is 1. The summed E-state index contributed by atoms with van der Waals surface area (Å²) < 4.78 is 35.6. The van der Waals surface area contributed by atoms with Crippen molar-refractivity contribution in [2.75, 3.05) is 24.1 Å². The minimum Gasteiger partial charge on any atom is -0.464 e. The van der Waals surface area contributed by atoms with Crippen LogP contribution < -0.4 is 4.31 Å². The van der Waals surface area contributed by atoms with Gasteiger partial charge in [-0.3, -0.25) is 9.10 Å². The Balaban J connectivity index is 1.75. The van der Waals surface area contributed by atoms with Crippen LogP contribution in [0.5, 0.6) is 0 Å². The molecule has 0 aliphatic carbocycles. The minimum atomic E-state index is -4.24. The van der Waals surface area contributed by atoms with E-state index >= 15 is 0 Å². The summed E-state index contributed by atoms with van der Waals surface area (Å²) in [4.78, 5) is 16.9. The number of sulfonamides is 1. The van der Waals surface area contributed by atoms with Crippen molar-refractivity contribution in [3.8, 4) is 17.7 Å². The number of pyridine rings is 1. The second-order valence-electron chi connectivity index (χ2n) is 8.48. The Morgan fingerprint density at radius 1 is 1.10 bits per heavy atom. The van der Waals surface area contributed by atoms with Crippen LogP contribution in [0.3, 0.4) is 0 Å². The standard InChI is InChI=1S/C28H25Cl2N3O5S/c1-2-3-13-38-28(35)19-33(39(36,37)25-17-22(29)16-23(30)18-25)24-6-7-26-21(15-24)9-11-32(26)27-14-20(5-4-12-34)8-10-31-27/h6-11,14-18,34H,2-3,12-13,19H2,1H3. The Bertz CT molecular complexity index is 1660. The fraction of sp³-hybridized carbons (Fsp3) is 0.214. The van der Waals surface area contributed by atoms with E-state index in [1.54, 1.807) is 42.7 Å². The highest BCUT2D eigenvalue weighted by atomic mass is 35.5. The summed E-state index contributed by atoms with van der Waals surface area (Å²) in [7, 11) is -4.24. The summed E-state index contributed by atoms with van der Waals surface area (Å²) in [5.74, 6) is 5.39. The molecule has 2 aromatic heterocycles. The minimum absolute atomic E-state index is 0.149. The van der Waals surface area contributed by atoms with Crippen LogP contribution in [-0.4, -0.2) is 48.8 Å². The molecule has 0 spiro atoms. The normalized spacial score (nSPS) is 11.2. The van der Waals surface area contributed by atoms with Crippen molar-refractivity contribution in [3.63, 3.8) is 0 Å². The van der Waals surface area contributed by atoms with E-state index < -0.39 is 22.5 Å². The zero-order valence-corrected chi connectivity index (χ0v) is 23.3. The molecule has 202 valence electrons. The summed E-state index contributed by atoms with van der Waals surface area (Å²) in [5.41, 5.74) is 1.71. The lowest BCUT2D eigenvalue weighted by Crippen LogP contribution is -2.36. The van der Waals surface area contributed by atoms with Gasteiger partial charge in [-0.1, -0.05) is 48.4 Å². The average molecular weight is 586 g/mol. The molecular weight excluding hydrogens is 561 g/mol. The van der Waals surface area contributed by atoms with Gasteiger partial charge >= 0.3 is 5.97 Å². The first kappa shape index (κ1) is 28.5. The van der Waals surface area contributed by atoms with Gasteiger partial charge in [0.15, 0.2) is 0 Å². The van der Waals surface area contributed by atoms with Crippen LogP contribution in [0.15, 0.2) is 71.9 Å². The molecule has 2 heterocycles. The van der Waals surface area contributed by atoms with Gasteiger partial charge in [-0.2, -0.15) is 0 Å². The van der Waals surface area contributed by atoms with Crippen molar-refractivity contribution in [2.45, 2.75) is 24.7 Å². The maximum atomic E-state index is 13.7. The molecule has 0 aliphatic heterocycles. The molecule has 2 aromatic carbocycles. The Morgan fingerprint density at radius 3 is 2.59 bits per heavy atom. The molecule has 8 nitrogen and oxygen atoms in total. The van der Waals surface area contributed by atoms with Gasteiger partial charge in [-0.25, -0.2) is 13.4 Å². The van der Waals surface area contributed by atoms with Crippen LogP contribution in [0.2, 0.25) is 10.0 Å². The molecule has 4 aromatic rings. The molecule has 0 atom stereocenters. The van der Waals surface area contributed by atoms with Crippen molar-refractivity contribution in [1.82, 2.24) is 9.55 Å². The SMILES string of the molecule is CCCCOC(=O)CN(c1ccc2c(ccn2-c2cc(C#CCO)ccn2)c1)S(=O)(=O)c1cc(Cl)cc(Cl)c1. The highest BCUT2D eigenvalue weighted by molar-refractivity contribution is 7.92. The van der Waals surface area contributed by atoms with Gasteiger partial charge in [0.25, 0.3) is 10.0 Å². The first-order chi connectivity index (χ1) is 18.7. The Labute approximate surface area is 236 Å². The lowest BCUT2D eigenvalue weighted by molar-refractivity contribution is -0.141. The quantitative estimate of drug-likeness (QED) is 0.164. The van der Waals surface area contributed by atoms with Crippen LogP contribution in [0, 0.1) is 11.8 Å². The second-order valence-corrected chi connectivity index (χ2v) is 11.2. The number of hydrogen-bond donors (Lipinski definition) is 1. The fourth-order valence-corrected chi connectivity index (χ4v) is 6.00. The van der Waals surface area contributed by atoms with Gasteiger partial charge in [0.2, 0.25) is 0 Å². The van der Waals surface area contributed by atoms with Crippen molar-refractivity contribution >= 4 is 55.8 Å². The van der Waals surface area contributed by atoms with E-state index in [1.165, 1.54) is 18.2 Å². The van der Waals surface area contributed by atoms with E-state index in [4.69, 9.17) is 33.0 Å². The third-order valence-electron chi connectivity index (χ3n) is 5.72. The maximum Gasteiger partial charge on any atom is 0.326 e. The van der Waals surface area contributed by atoms with Crippen LogP contribution >= 0.6 is 23.2 Å². The molecule has 0 fully saturated rings. The first-order valence-corrected chi connectivity index (χ1v) is 14.2. The molecule has 0 saturated heterocycles. The summed E-state index contributed by atoms with van der Waals surface area (Å²) in [6.45, 7) is 1.38. The number of carbonyl (C=O) groups is 1. The number of nitrogens with zero attached hydrogens (tertiary/aromatic N) is 3. The van der Waals surface area contributed by atoms with Crippen LogP contribution in [0.4, 0.5) is 5.69 Å². The van der Waals surface area contributed by atoms with Gasteiger partial charge in [0, 0.05) is 33.4 Å². The Hall–Kier alpha value is -3.55. The summed E-state index contributed by atoms with van der Waals surface area (Å²) >= 11 is 12.2. The van der Waals surface area contributed by atoms with Gasteiger partial charge in [-0.05, 0) is 61.0 Å². The predicted molar refractivity (Wildman–Crippen MR) is 152 cm³/mol. The van der Waals surface area contributed by atoms with E-state index in [1.807, 2.05) is 17.6 Å². The van der Waals surface area contributed by atoms with Gasteiger partial charge < -0.3 is 14.4 Å². The van der Waals surface area contributed by atoms with E-state index in [2.05, 4.69) is 16.8 Å². The number of ether oxygens (including phenoxy) is 1. The number of carbonyl (C=O) groups excluding carboxylic acids is 1. The summed E-state index contributed by atoms with van der Waals surface area (Å²) in [6.07, 6.45) is 4.92. The number of aromatic nitrogens is 2. The average Bonchev–Trinajstić information content (AvgIpc) is 3.33. The maximum absolute atomic E-state index is 13.7. The Morgan fingerprint density at radius 2 is 1.87 bits per heavy atom. The molecule has 0 unspecified atom stereocenters. The van der Waals surface area contributed by atoms with Crippen molar-refractivity contribution < 1.29 is 23.1 Å². The van der Waals surface area contributed by atoms with Crippen LogP contribution in [0.25, 0.3) is 16.7 Å². The third kappa shape index (κ3) is 6.72. The number of fused-ring (bicyclic) bond motifs is 1. The topological polar surface area (TPSA) is 102 Å². The molecule has 0 saturated carbocycles. The molecule has 0 amide bonds. The largest absolute Gasteiger partial charge is 0.464 e. The number of esters is 1. The van der Waals surface area contributed by atoms with Crippen molar-refractivity contribution in [1.29, 1.82) is 0 Å². The van der Waals surface area contributed by atoms with Crippen LogP contribution in [0.1, 0.15) is 25.3 Å². The molecule has 39 heavy (non-hydrogen) atoms. The number of benzene rings is 2. The number of anilines is 1. The van der Waals surface area contributed by atoms with E-state index in [9.17, 15) is 13.2 Å². The van der Waals surface area contributed by atoms with E-state index in [0.717, 1.165) is 16.2 Å². The summed E-state index contributed by atoms with van der Waals surface area (Å²) in [6, 6.07) is 14.3. The lowest BCUT2D eigenvalue weighted by Gasteiger charge is -2.24. The number of rotatable bonds is 9. The highest BCUT2D eigenvalue weighted by Crippen LogP contribution is 2.31. The fourth-order valence-electron chi connectivity index (χ4n) is 3.87. The van der Waals surface area contributed by atoms with Gasteiger partial charge in [-0.15, -0.1) is 0 Å². The van der Waals surface area contributed by atoms with Gasteiger partial charge in [0.1, 0.15) is 19.0 Å². The van der Waals surface area contributed by atoms with E-state index in [-0.39, 0.29) is 33.8 Å². The smallest absolute Gasteiger partial charge is 0.326 e. The highest BCUT2D eigenvalue weighted by Gasteiger charge is 2.29. The lowest BCUT2D eigenvalue weighted by atomic mass is 10.2. The third-order valence-corrected chi connectivity index (χ3v) is 7.91. The van der Waals surface area contributed by atoms with E-state index in [0.29, 0.717) is 23.2 Å². The van der Waals surface area contributed by atoms with Crippen molar-refractivity contribution in [2.24, 2.45) is 0 Å². The Kier molecular flexibility index (Phi) is 9.15. The monoisotopic (exact) mass is 585 g/mol. The van der Waals surface area contributed by atoms with Crippen LogP contribution in [-0.2, 0) is 19.6 Å². The van der Waals surface area contributed by atoms with Gasteiger partial charge in [0.05, 0.1) is 22.7 Å². The van der Waals surface area contributed by atoms with Crippen molar-refractivity contribution in [3.05, 3.63) is 82.6 Å². The molecule has 1 N–H and O–H groups in total. The number of hydrogen-bond acceptors (Lipinski definition) is 6. The summed E-state index contributed by atoms with van der Waals surface area (Å²) in [5, 5.41) is 9.99. The number of aliphatic hydroxyl groups is 1. The zero-order valence-electron chi connectivity index (χ0n) is 21.0. The molecular formula is C28H25Cl2N3O5S. The molecule has 0 aliphatic rings. The molecule has 11 heteroatoms. The molecule has 4 rings (SSSR count). The number of halogens is 2. The predicted octanol–water partition coefficient (Wildman–Crippen LogP) is 5.21. The second kappa shape index (κ2) is 12.5.